The summed E-state index contributed by atoms with van der Waals surface area (Å²) in [6, 6.07) is 8.51. The van der Waals surface area contributed by atoms with Crippen molar-refractivity contribution in [3.63, 3.8) is 0 Å². The third-order valence-corrected chi connectivity index (χ3v) is 10.6. The van der Waals surface area contributed by atoms with E-state index in [0.29, 0.717) is 36.9 Å². The molecule has 8 nitrogen and oxygen atoms in total. The van der Waals surface area contributed by atoms with Crippen LogP contribution < -0.4 is 19.9 Å². The highest BCUT2D eigenvalue weighted by molar-refractivity contribution is 7.89. The fourth-order valence-electron chi connectivity index (χ4n) is 6.39. The molecular weight excluding hydrogens is 588 g/mol. The lowest BCUT2D eigenvalue weighted by atomic mass is 9.90. The third-order valence-electron chi connectivity index (χ3n) is 9.17. The summed E-state index contributed by atoms with van der Waals surface area (Å²) in [5.41, 5.74) is 5.49. The van der Waals surface area contributed by atoms with Gasteiger partial charge in [-0.25, -0.2) is 8.42 Å². The lowest BCUT2D eigenvalue weighted by Gasteiger charge is -2.35. The molecule has 1 unspecified atom stereocenters. The van der Waals surface area contributed by atoms with Gasteiger partial charge in [0.1, 0.15) is 11.5 Å². The molecule has 2 aromatic carbocycles. The highest BCUT2D eigenvalue weighted by atomic mass is 32.2. The number of rotatable bonds is 11. The summed E-state index contributed by atoms with van der Waals surface area (Å²) in [6.45, 7) is 0.905. The molecule has 2 aliphatic carbocycles. The molecule has 0 radical (unpaired) electrons. The number of nitrogens with two attached hydrogens (primary N) is 1. The number of carbonyl (C=O) groups is 1. The molecule has 5 rings (SSSR count). The summed E-state index contributed by atoms with van der Waals surface area (Å²) in [4.78, 5) is 14.6. The summed E-state index contributed by atoms with van der Waals surface area (Å²) in [6.07, 6.45) is 11.9. The van der Waals surface area contributed by atoms with Gasteiger partial charge in [0.15, 0.2) is 6.04 Å². The van der Waals surface area contributed by atoms with Crippen molar-refractivity contribution in [2.24, 2.45) is 11.7 Å². The molecule has 1 saturated heterocycles. The fraction of sp³-hybridized carbons (Fsp3) is 0.606. The van der Waals surface area contributed by atoms with Gasteiger partial charge in [0.2, 0.25) is 15.9 Å². The van der Waals surface area contributed by atoms with Crippen molar-refractivity contribution in [2.75, 3.05) is 19.7 Å². The van der Waals surface area contributed by atoms with Crippen molar-refractivity contribution >= 4 is 15.9 Å². The standard InChI is InChI=1S/C33H45F2N3O5S/c34-33(35,25-11-13-29(14-12-25)43-28-9-5-2-6-10-28)31(32(39)38-21-19-26(36)20-22-38)37-44(40,41)30-17-15-27(16-18-30)42-23-24-7-3-1-4-8-24/h11-18,24,26,28,31,37H,1-10,19-23,36H2. The first-order chi connectivity index (χ1) is 21.1. The van der Waals surface area contributed by atoms with Crippen LogP contribution in [0.1, 0.15) is 82.6 Å². The quantitative estimate of drug-likeness (QED) is 0.326. The number of ether oxygens (including phenoxy) is 2. The van der Waals surface area contributed by atoms with Crippen LogP contribution in [0.5, 0.6) is 11.5 Å². The molecule has 2 aromatic rings. The normalized spacial score (nSPS) is 20.3. The first-order valence-electron chi connectivity index (χ1n) is 16.1. The van der Waals surface area contributed by atoms with E-state index in [4.69, 9.17) is 15.2 Å². The van der Waals surface area contributed by atoms with Crippen molar-refractivity contribution in [2.45, 2.75) is 106 Å². The summed E-state index contributed by atoms with van der Waals surface area (Å²) < 4.78 is 73.3. The largest absolute Gasteiger partial charge is 0.493 e. The molecule has 2 saturated carbocycles. The molecule has 3 fully saturated rings. The summed E-state index contributed by atoms with van der Waals surface area (Å²) in [7, 11) is -4.51. The smallest absolute Gasteiger partial charge is 0.298 e. The molecule has 1 heterocycles. The maximum Gasteiger partial charge on any atom is 0.298 e. The van der Waals surface area contributed by atoms with Crippen LogP contribution in [0.3, 0.4) is 0 Å². The number of carbonyl (C=O) groups excluding carboxylic acids is 1. The first-order valence-corrected chi connectivity index (χ1v) is 17.5. The van der Waals surface area contributed by atoms with Crippen molar-refractivity contribution < 1.29 is 31.5 Å². The molecule has 3 aliphatic rings. The van der Waals surface area contributed by atoms with Crippen molar-refractivity contribution in [3.8, 4) is 11.5 Å². The van der Waals surface area contributed by atoms with Gasteiger partial charge in [0, 0.05) is 24.7 Å². The number of amides is 1. The third kappa shape index (κ3) is 8.28. The Morgan fingerprint density at radius 3 is 2.05 bits per heavy atom. The van der Waals surface area contributed by atoms with Crippen molar-refractivity contribution in [1.29, 1.82) is 0 Å². The van der Waals surface area contributed by atoms with E-state index < -0.39 is 33.5 Å². The molecular formula is C33H45F2N3O5S. The van der Waals surface area contributed by atoms with Gasteiger partial charge in [0.05, 0.1) is 17.6 Å². The van der Waals surface area contributed by atoms with Gasteiger partial charge in [-0.3, -0.25) is 4.79 Å². The Morgan fingerprint density at radius 1 is 0.864 bits per heavy atom. The number of nitrogens with zero attached hydrogens (tertiary/aromatic N) is 1. The summed E-state index contributed by atoms with van der Waals surface area (Å²) in [5.74, 6) is -3.39. The molecule has 1 aliphatic heterocycles. The Balaban J connectivity index is 1.33. The zero-order chi connectivity index (χ0) is 31.2. The van der Waals surface area contributed by atoms with Crippen LogP contribution in [0.2, 0.25) is 0 Å². The molecule has 44 heavy (non-hydrogen) atoms. The van der Waals surface area contributed by atoms with Crippen LogP contribution in [0, 0.1) is 5.92 Å². The molecule has 242 valence electrons. The Bertz CT molecular complexity index is 1320. The minimum atomic E-state index is -4.51. The topological polar surface area (TPSA) is 111 Å². The van der Waals surface area contributed by atoms with E-state index in [0.717, 1.165) is 44.9 Å². The predicted octanol–water partition coefficient (Wildman–Crippen LogP) is 5.75. The van der Waals surface area contributed by atoms with E-state index >= 15 is 8.78 Å². The first kappa shape index (κ1) is 32.6. The minimum Gasteiger partial charge on any atom is -0.493 e. The second-order valence-corrected chi connectivity index (χ2v) is 14.2. The number of halogens is 2. The number of hydrogen-bond acceptors (Lipinski definition) is 6. The molecule has 0 bridgehead atoms. The zero-order valence-electron chi connectivity index (χ0n) is 25.3. The lowest BCUT2D eigenvalue weighted by Crippen LogP contribution is -2.57. The highest BCUT2D eigenvalue weighted by Gasteiger charge is 2.50. The Kier molecular flexibility index (Phi) is 10.8. The van der Waals surface area contributed by atoms with Gasteiger partial charge < -0.3 is 20.1 Å². The van der Waals surface area contributed by atoms with Crippen LogP contribution in [-0.2, 0) is 20.7 Å². The number of nitrogens with one attached hydrogen (secondary N) is 1. The molecule has 1 amide bonds. The van der Waals surface area contributed by atoms with Crippen LogP contribution in [0.25, 0.3) is 0 Å². The maximum atomic E-state index is 16.2. The fourth-order valence-corrected chi connectivity index (χ4v) is 7.58. The van der Waals surface area contributed by atoms with Gasteiger partial charge in [-0.1, -0.05) is 25.7 Å². The number of sulfonamides is 1. The van der Waals surface area contributed by atoms with E-state index in [1.54, 1.807) is 0 Å². The average Bonchev–Trinajstić information content (AvgIpc) is 3.04. The van der Waals surface area contributed by atoms with Crippen LogP contribution in [0.15, 0.2) is 53.4 Å². The van der Waals surface area contributed by atoms with E-state index in [9.17, 15) is 13.2 Å². The highest BCUT2D eigenvalue weighted by Crippen LogP contribution is 2.36. The lowest BCUT2D eigenvalue weighted by molar-refractivity contribution is -0.145. The monoisotopic (exact) mass is 633 g/mol. The number of likely N-dealkylation sites (tertiary alicyclic amines) is 1. The van der Waals surface area contributed by atoms with Gasteiger partial charge in [-0.05, 0) is 106 Å². The number of piperidine rings is 1. The van der Waals surface area contributed by atoms with Crippen molar-refractivity contribution in [1.82, 2.24) is 9.62 Å². The Labute approximate surface area is 259 Å². The Hall–Kier alpha value is -2.76. The van der Waals surface area contributed by atoms with Gasteiger partial charge in [-0.15, -0.1) is 0 Å². The molecule has 0 spiro atoms. The van der Waals surface area contributed by atoms with Crippen LogP contribution in [-0.4, -0.2) is 57.1 Å². The minimum absolute atomic E-state index is 0.0470. The maximum absolute atomic E-state index is 16.2. The van der Waals surface area contributed by atoms with E-state index in [1.807, 2.05) is 0 Å². The number of benzene rings is 2. The second kappa shape index (κ2) is 14.6. The number of alkyl halides is 2. The van der Waals surface area contributed by atoms with Gasteiger partial charge >= 0.3 is 0 Å². The van der Waals surface area contributed by atoms with E-state index in [1.165, 1.54) is 72.7 Å². The summed E-state index contributed by atoms with van der Waals surface area (Å²) >= 11 is 0. The van der Waals surface area contributed by atoms with Crippen molar-refractivity contribution in [3.05, 3.63) is 54.1 Å². The molecule has 1 atom stereocenters. The second-order valence-electron chi connectivity index (χ2n) is 12.5. The Morgan fingerprint density at radius 2 is 1.43 bits per heavy atom. The van der Waals surface area contributed by atoms with E-state index in [2.05, 4.69) is 4.72 Å². The van der Waals surface area contributed by atoms with Gasteiger partial charge in [-0.2, -0.15) is 13.5 Å². The average molecular weight is 634 g/mol. The molecule has 0 aromatic heterocycles. The predicted molar refractivity (Wildman–Crippen MR) is 164 cm³/mol. The number of hydrogen-bond donors (Lipinski definition) is 2. The summed E-state index contributed by atoms with van der Waals surface area (Å²) in [5, 5.41) is 0. The van der Waals surface area contributed by atoms with Crippen LogP contribution in [0.4, 0.5) is 8.78 Å². The van der Waals surface area contributed by atoms with E-state index in [-0.39, 0.29) is 30.1 Å². The SMILES string of the molecule is NC1CCN(C(=O)C(NS(=O)(=O)c2ccc(OCC3CCCCC3)cc2)C(F)(F)c2ccc(OC3CCCCC3)cc2)CC1. The zero-order valence-corrected chi connectivity index (χ0v) is 26.1. The molecule has 11 heteroatoms. The molecule has 3 N–H and O–H groups in total. The van der Waals surface area contributed by atoms with Crippen LogP contribution >= 0.6 is 0 Å². The van der Waals surface area contributed by atoms with Gasteiger partial charge in [0.25, 0.3) is 5.92 Å².